The first-order valence-corrected chi connectivity index (χ1v) is 8.58. The van der Waals surface area contributed by atoms with Gasteiger partial charge in [0, 0.05) is 17.1 Å². The summed E-state index contributed by atoms with van der Waals surface area (Å²) in [5.74, 6) is 0. The van der Waals surface area contributed by atoms with Gasteiger partial charge in [0.2, 0.25) is 0 Å². The van der Waals surface area contributed by atoms with Crippen LogP contribution < -0.4 is 5.32 Å². The first-order chi connectivity index (χ1) is 11.8. The molecule has 0 amide bonds. The lowest BCUT2D eigenvalue weighted by Gasteiger charge is -2.02. The summed E-state index contributed by atoms with van der Waals surface area (Å²) >= 11 is 5.95. The van der Waals surface area contributed by atoms with Crippen molar-refractivity contribution in [1.29, 1.82) is 0 Å². The molecular formula is C19H21ClN4. The van der Waals surface area contributed by atoms with Crippen molar-refractivity contribution in [2.45, 2.75) is 26.4 Å². The molecule has 1 aromatic heterocycles. The molecule has 0 atom stereocenters. The number of hydrogen-bond acceptors (Lipinski definition) is 3. The van der Waals surface area contributed by atoms with Crippen LogP contribution in [0, 0.1) is 0 Å². The van der Waals surface area contributed by atoms with Gasteiger partial charge in [0.1, 0.15) is 11.4 Å². The van der Waals surface area contributed by atoms with Crippen molar-refractivity contribution in [3.05, 3.63) is 70.9 Å². The van der Waals surface area contributed by atoms with Gasteiger partial charge >= 0.3 is 0 Å². The predicted octanol–water partition coefficient (Wildman–Crippen LogP) is 4.15. The smallest absolute Gasteiger partial charge is 0.117 e. The maximum absolute atomic E-state index is 5.95. The third-order valence-corrected chi connectivity index (χ3v) is 3.98. The SMILES string of the molecule is CCCNCc1nn(Cc2ccc(Cl)cc2)nc1-c1ccccc1. The van der Waals surface area contributed by atoms with Gasteiger partial charge in [0.05, 0.1) is 6.54 Å². The van der Waals surface area contributed by atoms with E-state index in [9.17, 15) is 0 Å². The average molecular weight is 341 g/mol. The Hall–Kier alpha value is -2.17. The lowest BCUT2D eigenvalue weighted by Crippen LogP contribution is -2.15. The van der Waals surface area contributed by atoms with E-state index in [0.29, 0.717) is 6.54 Å². The highest BCUT2D eigenvalue weighted by molar-refractivity contribution is 6.30. The zero-order valence-corrected chi connectivity index (χ0v) is 14.5. The molecule has 0 saturated carbocycles. The predicted molar refractivity (Wildman–Crippen MR) is 98.0 cm³/mol. The summed E-state index contributed by atoms with van der Waals surface area (Å²) in [4.78, 5) is 1.76. The number of nitrogens with one attached hydrogen (secondary N) is 1. The van der Waals surface area contributed by atoms with Crippen molar-refractivity contribution in [3.63, 3.8) is 0 Å². The largest absolute Gasteiger partial charge is 0.311 e. The van der Waals surface area contributed by atoms with Crippen LogP contribution in [0.1, 0.15) is 24.6 Å². The van der Waals surface area contributed by atoms with Gasteiger partial charge in [-0.2, -0.15) is 15.0 Å². The Morgan fingerprint density at radius 3 is 2.46 bits per heavy atom. The number of rotatable bonds is 7. The molecule has 3 rings (SSSR count). The second-order valence-electron chi connectivity index (χ2n) is 5.69. The highest BCUT2D eigenvalue weighted by Crippen LogP contribution is 2.20. The summed E-state index contributed by atoms with van der Waals surface area (Å²) in [5.41, 5.74) is 4.13. The van der Waals surface area contributed by atoms with Crippen molar-refractivity contribution in [2.75, 3.05) is 6.54 Å². The summed E-state index contributed by atoms with van der Waals surface area (Å²) in [6, 6.07) is 18.0. The van der Waals surface area contributed by atoms with Gasteiger partial charge in [-0.3, -0.25) is 0 Å². The van der Waals surface area contributed by atoms with Crippen molar-refractivity contribution in [3.8, 4) is 11.3 Å². The molecule has 1 N–H and O–H groups in total. The number of hydrogen-bond donors (Lipinski definition) is 1. The van der Waals surface area contributed by atoms with E-state index in [1.165, 1.54) is 0 Å². The Morgan fingerprint density at radius 2 is 1.75 bits per heavy atom. The molecule has 0 spiro atoms. The monoisotopic (exact) mass is 340 g/mol. The van der Waals surface area contributed by atoms with Crippen LogP contribution in [-0.2, 0) is 13.1 Å². The van der Waals surface area contributed by atoms with E-state index in [1.807, 2.05) is 42.5 Å². The molecule has 1 heterocycles. The normalized spacial score (nSPS) is 10.9. The molecule has 2 aromatic carbocycles. The lowest BCUT2D eigenvalue weighted by atomic mass is 10.1. The fraction of sp³-hybridized carbons (Fsp3) is 0.263. The number of benzene rings is 2. The third kappa shape index (κ3) is 4.22. The van der Waals surface area contributed by atoms with Crippen LogP contribution in [0.5, 0.6) is 0 Å². The minimum Gasteiger partial charge on any atom is -0.311 e. The lowest BCUT2D eigenvalue weighted by molar-refractivity contribution is 0.576. The van der Waals surface area contributed by atoms with E-state index >= 15 is 0 Å². The average Bonchev–Trinajstić information content (AvgIpc) is 3.01. The minimum absolute atomic E-state index is 0.630. The zero-order chi connectivity index (χ0) is 16.8. The molecular weight excluding hydrogens is 320 g/mol. The molecule has 0 aliphatic carbocycles. The second-order valence-corrected chi connectivity index (χ2v) is 6.13. The quantitative estimate of drug-likeness (QED) is 0.657. The van der Waals surface area contributed by atoms with Crippen molar-refractivity contribution >= 4 is 11.6 Å². The Kier molecular flexibility index (Phi) is 5.62. The standard InChI is InChI=1S/C19H21ClN4/c1-2-12-21-13-18-19(16-6-4-3-5-7-16)23-24(22-18)14-15-8-10-17(20)11-9-15/h3-11,21H,2,12-14H2,1H3. The molecule has 0 bridgehead atoms. The summed E-state index contributed by atoms with van der Waals surface area (Å²) in [6.07, 6.45) is 1.10. The summed E-state index contributed by atoms with van der Waals surface area (Å²) in [6.45, 7) is 4.48. The van der Waals surface area contributed by atoms with Crippen molar-refractivity contribution in [2.24, 2.45) is 0 Å². The van der Waals surface area contributed by atoms with Gasteiger partial charge in [-0.05, 0) is 30.7 Å². The van der Waals surface area contributed by atoms with E-state index in [1.54, 1.807) is 4.80 Å². The van der Waals surface area contributed by atoms with Gasteiger partial charge < -0.3 is 5.32 Å². The second kappa shape index (κ2) is 8.08. The van der Waals surface area contributed by atoms with Crippen LogP contribution in [0.3, 0.4) is 0 Å². The van der Waals surface area contributed by atoms with Gasteiger partial charge in [-0.1, -0.05) is 61.0 Å². The van der Waals surface area contributed by atoms with Crippen LogP contribution in [0.15, 0.2) is 54.6 Å². The minimum atomic E-state index is 0.630. The summed E-state index contributed by atoms with van der Waals surface area (Å²) < 4.78 is 0. The van der Waals surface area contributed by atoms with E-state index < -0.39 is 0 Å². The van der Waals surface area contributed by atoms with Gasteiger partial charge in [0.25, 0.3) is 0 Å². The van der Waals surface area contributed by atoms with E-state index in [0.717, 1.165) is 47.0 Å². The van der Waals surface area contributed by atoms with Crippen LogP contribution in [0.4, 0.5) is 0 Å². The fourth-order valence-electron chi connectivity index (χ4n) is 2.53. The third-order valence-electron chi connectivity index (χ3n) is 3.73. The summed E-state index contributed by atoms with van der Waals surface area (Å²) in [7, 11) is 0. The Bertz CT molecular complexity index is 766. The molecule has 4 nitrogen and oxygen atoms in total. The van der Waals surface area contributed by atoms with Crippen LogP contribution in [0.2, 0.25) is 5.02 Å². The van der Waals surface area contributed by atoms with Crippen LogP contribution >= 0.6 is 11.6 Å². The van der Waals surface area contributed by atoms with Crippen molar-refractivity contribution in [1.82, 2.24) is 20.3 Å². The first kappa shape index (κ1) is 16.7. The molecule has 0 fully saturated rings. The van der Waals surface area contributed by atoms with Crippen LogP contribution in [0.25, 0.3) is 11.3 Å². The van der Waals surface area contributed by atoms with Crippen LogP contribution in [-0.4, -0.2) is 21.5 Å². The van der Waals surface area contributed by atoms with E-state index in [2.05, 4.69) is 29.5 Å². The summed E-state index contributed by atoms with van der Waals surface area (Å²) in [5, 5.41) is 13.5. The Balaban J connectivity index is 1.86. The van der Waals surface area contributed by atoms with Gasteiger partial charge in [-0.15, -0.1) is 0 Å². The topological polar surface area (TPSA) is 42.7 Å². The Labute approximate surface area is 147 Å². The highest BCUT2D eigenvalue weighted by Gasteiger charge is 2.13. The van der Waals surface area contributed by atoms with E-state index in [-0.39, 0.29) is 0 Å². The molecule has 0 saturated heterocycles. The van der Waals surface area contributed by atoms with Gasteiger partial charge in [-0.25, -0.2) is 0 Å². The van der Waals surface area contributed by atoms with Gasteiger partial charge in [0.15, 0.2) is 0 Å². The maximum Gasteiger partial charge on any atom is 0.117 e. The maximum atomic E-state index is 5.95. The first-order valence-electron chi connectivity index (χ1n) is 8.21. The molecule has 5 heteroatoms. The zero-order valence-electron chi connectivity index (χ0n) is 13.7. The van der Waals surface area contributed by atoms with E-state index in [4.69, 9.17) is 16.7 Å². The number of nitrogens with zero attached hydrogens (tertiary/aromatic N) is 3. The molecule has 0 radical (unpaired) electrons. The molecule has 0 unspecified atom stereocenters. The highest BCUT2D eigenvalue weighted by atomic mass is 35.5. The Morgan fingerprint density at radius 1 is 1.00 bits per heavy atom. The molecule has 3 aromatic rings. The number of aromatic nitrogens is 3. The molecule has 124 valence electrons. The fourth-order valence-corrected chi connectivity index (χ4v) is 2.66. The van der Waals surface area contributed by atoms with Crippen molar-refractivity contribution < 1.29 is 0 Å². The molecule has 0 aliphatic rings. The number of halogens is 1. The molecule has 0 aliphatic heterocycles. The molecule has 24 heavy (non-hydrogen) atoms.